The number of anilines is 2. The maximum absolute atomic E-state index is 14.6. The minimum Gasteiger partial charge on any atom is -0.508 e. The minimum atomic E-state index is -0.956. The lowest BCUT2D eigenvalue weighted by Crippen LogP contribution is -2.21. The zero-order valence-electron chi connectivity index (χ0n) is 17.7. The second kappa shape index (κ2) is 9.05. The number of rotatable bonds is 6. The summed E-state index contributed by atoms with van der Waals surface area (Å²) in [4.78, 5) is 21.4. The van der Waals surface area contributed by atoms with E-state index in [1.807, 2.05) is 0 Å². The van der Waals surface area contributed by atoms with Crippen LogP contribution in [-0.4, -0.2) is 21.5 Å². The van der Waals surface area contributed by atoms with Crippen molar-refractivity contribution in [2.75, 3.05) is 4.90 Å². The lowest BCUT2D eigenvalue weighted by atomic mass is 9.97. The molecule has 1 heterocycles. The Balaban J connectivity index is 2.40. The van der Waals surface area contributed by atoms with Gasteiger partial charge in [0.2, 0.25) is 6.41 Å². The Kier molecular flexibility index (Phi) is 6.43. The van der Waals surface area contributed by atoms with Gasteiger partial charge in [-0.25, -0.2) is 23.1 Å². The van der Waals surface area contributed by atoms with Crippen LogP contribution in [0.5, 0.6) is 0 Å². The molecule has 1 amide bonds. The van der Waals surface area contributed by atoms with Crippen molar-refractivity contribution in [3.05, 3.63) is 83.0 Å². The van der Waals surface area contributed by atoms with E-state index < -0.39 is 23.1 Å². The molecule has 0 aliphatic rings. The van der Waals surface area contributed by atoms with Crippen LogP contribution in [0.25, 0.3) is 23.1 Å². The third-order valence-electron chi connectivity index (χ3n) is 4.82. The molecule has 3 rings (SSSR count). The second-order valence-electron chi connectivity index (χ2n) is 6.98. The van der Waals surface area contributed by atoms with E-state index in [-0.39, 0.29) is 46.2 Å². The Morgan fingerprint density at radius 1 is 1.09 bits per heavy atom. The van der Waals surface area contributed by atoms with Gasteiger partial charge in [0.25, 0.3) is 0 Å². The number of para-hydroxylation sites is 1. The number of hydrogen-bond acceptors (Lipinski definition) is 4. The van der Waals surface area contributed by atoms with Gasteiger partial charge in [-0.1, -0.05) is 24.8 Å². The first kappa shape index (κ1) is 22.7. The molecule has 0 atom stereocenters. The number of allylic oxidation sites excluding steroid dienone is 1. The number of aryl methyl sites for hydroxylation is 1. The van der Waals surface area contributed by atoms with E-state index in [1.165, 1.54) is 26.0 Å². The number of aliphatic hydroxyl groups excluding tert-OH is 1. The first-order valence-corrected chi connectivity index (χ1v) is 9.58. The smallest absolute Gasteiger partial charge is 0.220 e. The lowest BCUT2D eigenvalue weighted by molar-refractivity contribution is -0.106. The molecule has 0 aliphatic heterocycles. The van der Waals surface area contributed by atoms with Gasteiger partial charge in [0, 0.05) is 16.7 Å². The molecule has 0 radical (unpaired) electrons. The van der Waals surface area contributed by atoms with Crippen molar-refractivity contribution < 1.29 is 23.1 Å². The van der Waals surface area contributed by atoms with Gasteiger partial charge in [-0.05, 0) is 50.6 Å². The van der Waals surface area contributed by atoms with E-state index in [9.17, 15) is 23.1 Å². The molecule has 3 aromatic rings. The third kappa shape index (κ3) is 4.12. The van der Waals surface area contributed by atoms with Crippen molar-refractivity contribution in [3.8, 4) is 11.3 Å². The molecule has 0 spiro atoms. The number of amides is 1. The summed E-state index contributed by atoms with van der Waals surface area (Å²) in [7, 11) is 0. The minimum absolute atomic E-state index is 0.0855. The van der Waals surface area contributed by atoms with Gasteiger partial charge in [-0.2, -0.15) is 0 Å². The molecule has 2 aromatic carbocycles. The monoisotopic (exact) mass is 439 g/mol. The number of carbonyl (C=O) groups excluding carboxylic acids is 1. The zero-order chi connectivity index (χ0) is 23.6. The number of aromatic nitrogens is 2. The van der Waals surface area contributed by atoms with Crippen LogP contribution in [0.3, 0.4) is 0 Å². The maximum atomic E-state index is 14.6. The summed E-state index contributed by atoms with van der Waals surface area (Å²) in [5, 5.41) is 9.78. The average Bonchev–Trinajstić information content (AvgIpc) is 2.74. The number of hydrogen-bond donors (Lipinski definition) is 1. The highest BCUT2D eigenvalue weighted by atomic mass is 19.1. The van der Waals surface area contributed by atoms with Gasteiger partial charge in [0.15, 0.2) is 5.82 Å². The molecule has 0 aliphatic carbocycles. The van der Waals surface area contributed by atoms with Gasteiger partial charge < -0.3 is 5.11 Å². The van der Waals surface area contributed by atoms with Crippen LogP contribution in [0.2, 0.25) is 0 Å². The van der Waals surface area contributed by atoms with E-state index >= 15 is 0 Å². The standard InChI is InChI=1S/C24H20F3N3O2/c1-5-7-17-22(18-10-16(14(3)32)11-21(27)13(18)2)28-15(4)29-24(17)30(12-31)23-19(25)8-6-9-20(23)26/h5-12,32H,3H2,1-2,4H3/b7-5-. The number of nitrogens with zero attached hydrogens (tertiary/aromatic N) is 3. The van der Waals surface area contributed by atoms with Crippen LogP contribution in [-0.2, 0) is 4.79 Å². The normalized spacial score (nSPS) is 11.1. The number of aliphatic hydroxyl groups is 1. The summed E-state index contributed by atoms with van der Waals surface area (Å²) in [5.41, 5.74) is 0.511. The van der Waals surface area contributed by atoms with E-state index in [0.29, 0.717) is 5.56 Å². The molecule has 1 aromatic heterocycles. The zero-order valence-corrected chi connectivity index (χ0v) is 17.7. The van der Waals surface area contributed by atoms with Gasteiger partial charge in [0.1, 0.15) is 34.7 Å². The van der Waals surface area contributed by atoms with Crippen molar-refractivity contribution in [1.82, 2.24) is 9.97 Å². The first-order valence-electron chi connectivity index (χ1n) is 9.58. The van der Waals surface area contributed by atoms with Crippen LogP contribution in [0, 0.1) is 31.3 Å². The van der Waals surface area contributed by atoms with Crippen LogP contribution < -0.4 is 4.90 Å². The average molecular weight is 439 g/mol. The Bertz CT molecular complexity index is 1240. The summed E-state index contributed by atoms with van der Waals surface area (Å²) in [6.45, 7) is 8.19. The van der Waals surface area contributed by atoms with Crippen LogP contribution in [0.4, 0.5) is 24.7 Å². The molecule has 0 saturated carbocycles. The highest BCUT2D eigenvalue weighted by molar-refractivity contribution is 5.92. The number of halogens is 3. The Morgan fingerprint density at radius 3 is 2.31 bits per heavy atom. The molecule has 164 valence electrons. The molecule has 0 bridgehead atoms. The molecular weight excluding hydrogens is 419 g/mol. The molecule has 0 saturated heterocycles. The fourth-order valence-corrected chi connectivity index (χ4v) is 3.29. The summed E-state index contributed by atoms with van der Waals surface area (Å²) in [6.07, 6.45) is 3.43. The highest BCUT2D eigenvalue weighted by Crippen LogP contribution is 2.37. The predicted octanol–water partition coefficient (Wildman–Crippen LogP) is 6.03. The highest BCUT2D eigenvalue weighted by Gasteiger charge is 2.25. The lowest BCUT2D eigenvalue weighted by Gasteiger charge is -2.22. The maximum Gasteiger partial charge on any atom is 0.220 e. The van der Waals surface area contributed by atoms with Crippen molar-refractivity contribution in [3.63, 3.8) is 0 Å². The molecule has 1 N–H and O–H groups in total. The third-order valence-corrected chi connectivity index (χ3v) is 4.82. The molecular formula is C24H20F3N3O2. The van der Waals surface area contributed by atoms with Gasteiger partial charge in [0.05, 0.1) is 5.69 Å². The quantitative estimate of drug-likeness (QED) is 0.376. The largest absolute Gasteiger partial charge is 0.508 e. The molecule has 0 fully saturated rings. The summed E-state index contributed by atoms with van der Waals surface area (Å²) in [6, 6.07) is 5.86. The van der Waals surface area contributed by atoms with E-state index in [0.717, 1.165) is 23.1 Å². The van der Waals surface area contributed by atoms with E-state index in [1.54, 1.807) is 19.1 Å². The summed E-state index contributed by atoms with van der Waals surface area (Å²) >= 11 is 0. The Hall–Kier alpha value is -3.94. The van der Waals surface area contributed by atoms with Crippen molar-refractivity contribution in [1.29, 1.82) is 0 Å². The van der Waals surface area contributed by atoms with Crippen LogP contribution in [0.15, 0.2) is 43.0 Å². The fraction of sp³-hybridized carbons (Fsp3) is 0.125. The number of carbonyl (C=O) groups is 1. The number of benzene rings is 2. The van der Waals surface area contributed by atoms with E-state index in [4.69, 9.17) is 0 Å². The van der Waals surface area contributed by atoms with Gasteiger partial charge in [-0.3, -0.25) is 9.69 Å². The van der Waals surface area contributed by atoms with Crippen molar-refractivity contribution >= 4 is 29.8 Å². The summed E-state index contributed by atoms with van der Waals surface area (Å²) in [5.74, 6) is -2.77. The van der Waals surface area contributed by atoms with Crippen molar-refractivity contribution in [2.45, 2.75) is 20.8 Å². The predicted molar refractivity (Wildman–Crippen MR) is 118 cm³/mol. The fourth-order valence-electron chi connectivity index (χ4n) is 3.29. The molecule has 0 unspecified atom stereocenters. The van der Waals surface area contributed by atoms with Crippen LogP contribution in [0.1, 0.15) is 29.4 Å². The van der Waals surface area contributed by atoms with Gasteiger partial charge >= 0.3 is 0 Å². The van der Waals surface area contributed by atoms with Crippen LogP contribution >= 0.6 is 0 Å². The first-order chi connectivity index (χ1) is 15.2. The van der Waals surface area contributed by atoms with Gasteiger partial charge in [-0.15, -0.1) is 0 Å². The second-order valence-corrected chi connectivity index (χ2v) is 6.98. The SMILES string of the molecule is C=C(O)c1cc(F)c(C)c(-c2nc(C)nc(N(C=O)c3c(F)cccc3F)c2/C=C\C)c1. The molecule has 5 nitrogen and oxygen atoms in total. The topological polar surface area (TPSA) is 66.3 Å². The molecule has 32 heavy (non-hydrogen) atoms. The molecule has 8 heteroatoms. The Labute approximate surface area is 183 Å². The van der Waals surface area contributed by atoms with Crippen molar-refractivity contribution in [2.24, 2.45) is 0 Å². The summed E-state index contributed by atoms with van der Waals surface area (Å²) < 4.78 is 43.6. The van der Waals surface area contributed by atoms with E-state index in [2.05, 4.69) is 16.5 Å². The Morgan fingerprint density at radius 2 is 1.75 bits per heavy atom.